The molecule has 4 nitrogen and oxygen atoms in total. The Kier molecular flexibility index (Phi) is 7.13. The molecule has 2 aromatic carbocycles. The van der Waals surface area contributed by atoms with Crippen LogP contribution in [0.3, 0.4) is 0 Å². The van der Waals surface area contributed by atoms with Crippen molar-refractivity contribution in [3.63, 3.8) is 0 Å². The molecule has 2 aliphatic heterocycles. The summed E-state index contributed by atoms with van der Waals surface area (Å²) in [5.74, 6) is 0.618. The van der Waals surface area contributed by atoms with Crippen LogP contribution in [-0.2, 0) is 4.79 Å². The van der Waals surface area contributed by atoms with E-state index in [4.69, 9.17) is 16.3 Å². The Morgan fingerprint density at radius 1 is 1.11 bits per heavy atom. The van der Waals surface area contributed by atoms with E-state index in [1.807, 2.05) is 6.07 Å². The Bertz CT molecular complexity index is 1120. The van der Waals surface area contributed by atoms with Crippen LogP contribution >= 0.6 is 11.6 Å². The molecule has 2 heterocycles. The van der Waals surface area contributed by atoms with Crippen LogP contribution in [0.15, 0.2) is 43.0 Å². The number of hydrogen-bond donors (Lipinski definition) is 1. The van der Waals surface area contributed by atoms with Crippen LogP contribution in [0.4, 0.5) is 0 Å². The molecular formula is C31H40ClNO3. The second-order valence-corrected chi connectivity index (χ2v) is 12.4. The topological polar surface area (TPSA) is 49.8 Å². The SMILES string of the molecule is C=CC(C)(C)[C@H]1CC[C@@H](Oc2ccc3cc(C(C)N4C5CCC4CC(C(=O)O)C5)ccc3c2Cl)CC1. The first kappa shape index (κ1) is 25.6. The zero-order chi connectivity index (χ0) is 25.6. The molecule has 1 aliphatic carbocycles. The molecule has 194 valence electrons. The van der Waals surface area contributed by atoms with Crippen molar-refractivity contribution in [2.75, 3.05) is 0 Å². The van der Waals surface area contributed by atoms with E-state index in [1.165, 1.54) is 5.56 Å². The number of piperidine rings is 1. The van der Waals surface area contributed by atoms with Crippen molar-refractivity contribution in [3.05, 3.63) is 53.6 Å². The molecule has 2 aromatic rings. The van der Waals surface area contributed by atoms with E-state index in [9.17, 15) is 9.90 Å². The van der Waals surface area contributed by atoms with Crippen molar-refractivity contribution in [1.29, 1.82) is 0 Å². The second kappa shape index (κ2) is 10.0. The average Bonchev–Trinajstić information content (AvgIpc) is 3.13. The van der Waals surface area contributed by atoms with Gasteiger partial charge in [0, 0.05) is 23.5 Å². The maximum atomic E-state index is 11.6. The third-order valence-corrected chi connectivity index (χ3v) is 9.95. The number of halogens is 1. The van der Waals surface area contributed by atoms with Crippen LogP contribution in [0.5, 0.6) is 5.75 Å². The molecule has 1 saturated carbocycles. The monoisotopic (exact) mass is 509 g/mol. The number of nitrogens with zero attached hydrogens (tertiary/aromatic N) is 1. The number of fused-ring (bicyclic) bond motifs is 3. The number of hydrogen-bond acceptors (Lipinski definition) is 3. The molecule has 2 saturated heterocycles. The minimum atomic E-state index is -0.633. The van der Waals surface area contributed by atoms with Crippen molar-refractivity contribution >= 4 is 28.3 Å². The molecule has 0 aromatic heterocycles. The van der Waals surface area contributed by atoms with Gasteiger partial charge in [-0.25, -0.2) is 0 Å². The van der Waals surface area contributed by atoms with Crippen LogP contribution in [0, 0.1) is 17.3 Å². The lowest BCUT2D eigenvalue weighted by Gasteiger charge is -2.41. The summed E-state index contributed by atoms with van der Waals surface area (Å²) in [6, 6.07) is 11.7. The summed E-state index contributed by atoms with van der Waals surface area (Å²) < 4.78 is 6.41. The molecule has 3 atom stereocenters. The van der Waals surface area contributed by atoms with Crippen molar-refractivity contribution in [2.24, 2.45) is 17.3 Å². The lowest BCUT2D eigenvalue weighted by molar-refractivity contribution is -0.144. The first-order valence-corrected chi connectivity index (χ1v) is 14.1. The van der Waals surface area contributed by atoms with Crippen LogP contribution in [0.2, 0.25) is 5.02 Å². The number of benzene rings is 2. The fourth-order valence-electron chi connectivity index (χ4n) is 7.13. The summed E-state index contributed by atoms with van der Waals surface area (Å²) >= 11 is 6.86. The molecule has 3 aliphatic rings. The van der Waals surface area contributed by atoms with Gasteiger partial charge < -0.3 is 9.84 Å². The van der Waals surface area contributed by atoms with Gasteiger partial charge in [-0.15, -0.1) is 6.58 Å². The van der Waals surface area contributed by atoms with Gasteiger partial charge in [0.05, 0.1) is 17.0 Å². The number of aliphatic carboxylic acids is 1. The van der Waals surface area contributed by atoms with Crippen LogP contribution in [-0.4, -0.2) is 34.2 Å². The molecule has 0 spiro atoms. The first-order chi connectivity index (χ1) is 17.2. The van der Waals surface area contributed by atoms with E-state index < -0.39 is 5.97 Å². The number of allylic oxidation sites excluding steroid dienone is 1. The summed E-state index contributed by atoms with van der Waals surface area (Å²) in [4.78, 5) is 14.1. The fourth-order valence-corrected chi connectivity index (χ4v) is 7.41. The van der Waals surface area contributed by atoms with Gasteiger partial charge in [0.2, 0.25) is 0 Å². The predicted molar refractivity (Wildman–Crippen MR) is 147 cm³/mol. The Labute approximate surface area is 220 Å². The Morgan fingerprint density at radius 3 is 2.39 bits per heavy atom. The van der Waals surface area contributed by atoms with Crippen LogP contribution in [0.25, 0.3) is 10.8 Å². The second-order valence-electron chi connectivity index (χ2n) is 12.0. The minimum Gasteiger partial charge on any atom is -0.489 e. The molecule has 0 amide bonds. The van der Waals surface area contributed by atoms with E-state index in [2.05, 4.69) is 62.6 Å². The molecule has 36 heavy (non-hydrogen) atoms. The maximum Gasteiger partial charge on any atom is 0.306 e. The maximum absolute atomic E-state index is 11.6. The van der Waals surface area contributed by atoms with E-state index in [1.54, 1.807) is 0 Å². The largest absolute Gasteiger partial charge is 0.489 e. The molecule has 5 heteroatoms. The summed E-state index contributed by atoms with van der Waals surface area (Å²) in [6.07, 6.45) is 10.5. The molecule has 2 bridgehead atoms. The summed E-state index contributed by atoms with van der Waals surface area (Å²) in [7, 11) is 0. The molecule has 0 radical (unpaired) electrons. The quantitative estimate of drug-likeness (QED) is 0.384. The molecule has 3 unspecified atom stereocenters. The molecular weight excluding hydrogens is 470 g/mol. The van der Waals surface area contributed by atoms with Gasteiger partial charge in [0.1, 0.15) is 5.75 Å². The Balaban J connectivity index is 1.28. The standard InChI is InChI=1S/C31H40ClNO3/c1-5-31(3,4)23-8-12-26(13-9-23)36-28-15-7-21-16-20(6-14-27(21)29(28)32)19(2)33-24-10-11-25(33)18-22(17-24)30(34)35/h5-7,14-16,19,22-26H,1,8-13,17-18H2,2-4H3,(H,34,35)/t19?,22?,23-,24?,25?,26+. The lowest BCUT2D eigenvalue weighted by Crippen LogP contribution is -2.45. The van der Waals surface area contributed by atoms with Gasteiger partial charge in [-0.05, 0) is 92.7 Å². The third-order valence-electron chi connectivity index (χ3n) is 9.56. The van der Waals surface area contributed by atoms with Crippen molar-refractivity contribution < 1.29 is 14.6 Å². The highest BCUT2D eigenvalue weighted by Crippen LogP contribution is 2.45. The van der Waals surface area contributed by atoms with Gasteiger partial charge in [-0.2, -0.15) is 0 Å². The van der Waals surface area contributed by atoms with Gasteiger partial charge >= 0.3 is 5.97 Å². The van der Waals surface area contributed by atoms with E-state index in [0.717, 1.165) is 67.9 Å². The number of carboxylic acids is 1. The highest BCUT2D eigenvalue weighted by Gasteiger charge is 2.45. The van der Waals surface area contributed by atoms with Gasteiger partial charge in [0.15, 0.2) is 0 Å². The zero-order valence-electron chi connectivity index (χ0n) is 21.9. The molecule has 3 fully saturated rings. The fraction of sp³-hybridized carbons (Fsp3) is 0.581. The van der Waals surface area contributed by atoms with Gasteiger partial charge in [-0.3, -0.25) is 9.69 Å². The Morgan fingerprint density at radius 2 is 1.78 bits per heavy atom. The van der Waals surface area contributed by atoms with Crippen LogP contribution in [0.1, 0.15) is 83.7 Å². The average molecular weight is 510 g/mol. The Hall–Kier alpha value is -2.04. The predicted octanol–water partition coefficient (Wildman–Crippen LogP) is 8.03. The number of carbonyl (C=O) groups is 1. The third kappa shape index (κ3) is 4.79. The van der Waals surface area contributed by atoms with Crippen molar-refractivity contribution in [1.82, 2.24) is 4.90 Å². The highest BCUT2D eigenvalue weighted by molar-refractivity contribution is 6.37. The number of rotatable bonds is 7. The number of carboxylic acid groups (broad SMARTS) is 1. The van der Waals surface area contributed by atoms with Gasteiger partial charge in [-0.1, -0.05) is 49.7 Å². The first-order valence-electron chi connectivity index (χ1n) is 13.7. The lowest BCUT2D eigenvalue weighted by atomic mass is 9.70. The van der Waals surface area contributed by atoms with E-state index in [-0.39, 0.29) is 23.5 Å². The molecule has 1 N–H and O–H groups in total. The van der Waals surface area contributed by atoms with Crippen LogP contribution < -0.4 is 4.74 Å². The molecule has 5 rings (SSSR count). The van der Waals surface area contributed by atoms with Crippen molar-refractivity contribution in [3.8, 4) is 5.75 Å². The highest BCUT2D eigenvalue weighted by atomic mass is 35.5. The zero-order valence-corrected chi connectivity index (χ0v) is 22.6. The normalized spacial score (nSPS) is 29.7. The number of ether oxygens (including phenoxy) is 1. The van der Waals surface area contributed by atoms with E-state index in [0.29, 0.717) is 23.0 Å². The minimum absolute atomic E-state index is 0.173. The smallest absolute Gasteiger partial charge is 0.306 e. The van der Waals surface area contributed by atoms with E-state index >= 15 is 0 Å². The van der Waals surface area contributed by atoms with Crippen molar-refractivity contribution in [2.45, 2.75) is 96.4 Å². The van der Waals surface area contributed by atoms with Gasteiger partial charge in [0.25, 0.3) is 0 Å². The summed E-state index contributed by atoms with van der Waals surface area (Å²) in [6.45, 7) is 10.8. The summed E-state index contributed by atoms with van der Waals surface area (Å²) in [5, 5.41) is 12.4. The summed E-state index contributed by atoms with van der Waals surface area (Å²) in [5.41, 5.74) is 1.44.